The van der Waals surface area contributed by atoms with Crippen molar-refractivity contribution >= 4 is 28.5 Å². The predicted octanol–water partition coefficient (Wildman–Crippen LogP) is 3.62. The SMILES string of the molecule is Cc1ccc(CSc2nc3c(cnn3-c3ccc([N+](=O)[O-])cc3)c(=O)[nH]2)cc1. The summed E-state index contributed by atoms with van der Waals surface area (Å²) in [6, 6.07) is 14.1. The van der Waals surface area contributed by atoms with Crippen LogP contribution in [0, 0.1) is 17.0 Å². The number of nitrogens with zero attached hydrogens (tertiary/aromatic N) is 4. The zero-order valence-electron chi connectivity index (χ0n) is 14.8. The Bertz CT molecular complexity index is 1210. The van der Waals surface area contributed by atoms with E-state index in [-0.39, 0.29) is 11.2 Å². The van der Waals surface area contributed by atoms with Crippen LogP contribution in [0.1, 0.15) is 11.1 Å². The fraction of sp³-hybridized carbons (Fsp3) is 0.105. The first-order valence-electron chi connectivity index (χ1n) is 8.42. The first-order chi connectivity index (χ1) is 13.5. The Hall–Kier alpha value is -3.46. The number of benzene rings is 2. The van der Waals surface area contributed by atoms with Crippen molar-refractivity contribution < 1.29 is 4.92 Å². The van der Waals surface area contributed by atoms with Gasteiger partial charge in [0.25, 0.3) is 11.2 Å². The second-order valence-corrected chi connectivity index (χ2v) is 7.18. The summed E-state index contributed by atoms with van der Waals surface area (Å²) in [5.74, 6) is 0.667. The highest BCUT2D eigenvalue weighted by atomic mass is 32.2. The summed E-state index contributed by atoms with van der Waals surface area (Å²) in [5.41, 5.74) is 3.03. The minimum atomic E-state index is -0.465. The number of nitro groups is 1. The topological polar surface area (TPSA) is 107 Å². The van der Waals surface area contributed by atoms with Crippen LogP contribution in [-0.4, -0.2) is 24.7 Å². The lowest BCUT2D eigenvalue weighted by molar-refractivity contribution is -0.384. The highest BCUT2D eigenvalue weighted by molar-refractivity contribution is 7.98. The third kappa shape index (κ3) is 3.52. The molecule has 8 nitrogen and oxygen atoms in total. The molecule has 2 heterocycles. The summed E-state index contributed by atoms with van der Waals surface area (Å²) < 4.78 is 1.50. The number of hydrogen-bond donors (Lipinski definition) is 1. The lowest BCUT2D eigenvalue weighted by Crippen LogP contribution is -2.09. The summed E-state index contributed by atoms with van der Waals surface area (Å²) in [6.07, 6.45) is 1.44. The summed E-state index contributed by atoms with van der Waals surface area (Å²) in [4.78, 5) is 30.1. The van der Waals surface area contributed by atoms with Gasteiger partial charge in [0.05, 0.1) is 16.8 Å². The van der Waals surface area contributed by atoms with E-state index in [0.29, 0.717) is 27.6 Å². The molecule has 4 rings (SSSR count). The Morgan fingerprint density at radius 1 is 1.14 bits per heavy atom. The van der Waals surface area contributed by atoms with E-state index in [9.17, 15) is 14.9 Å². The molecule has 0 aliphatic rings. The van der Waals surface area contributed by atoms with Gasteiger partial charge in [0, 0.05) is 17.9 Å². The number of non-ortho nitro benzene ring substituents is 1. The standard InChI is InChI=1S/C19H15N5O3S/c1-12-2-4-13(5-3-12)11-28-19-21-17-16(18(25)22-19)10-20-23(17)14-6-8-15(9-7-14)24(26)27/h2-10H,11H2,1H3,(H,21,22,25). The number of H-pyrrole nitrogens is 1. The van der Waals surface area contributed by atoms with Crippen LogP contribution in [0.3, 0.4) is 0 Å². The van der Waals surface area contributed by atoms with Gasteiger partial charge in [-0.05, 0) is 24.6 Å². The first-order valence-corrected chi connectivity index (χ1v) is 9.41. The third-order valence-corrected chi connectivity index (χ3v) is 5.16. The van der Waals surface area contributed by atoms with Crippen molar-refractivity contribution in [2.75, 3.05) is 0 Å². The average molecular weight is 393 g/mol. The Kier molecular flexibility index (Phi) is 4.66. The molecule has 0 aliphatic carbocycles. The number of nitrogens with one attached hydrogen (secondary N) is 1. The van der Waals surface area contributed by atoms with Gasteiger partial charge in [0.1, 0.15) is 5.39 Å². The van der Waals surface area contributed by atoms with E-state index in [2.05, 4.69) is 15.1 Å². The summed E-state index contributed by atoms with van der Waals surface area (Å²) in [5, 5.41) is 15.9. The fourth-order valence-electron chi connectivity index (χ4n) is 2.71. The quantitative estimate of drug-likeness (QED) is 0.240. The number of hydrogen-bond acceptors (Lipinski definition) is 6. The molecule has 9 heteroatoms. The molecule has 0 unspecified atom stereocenters. The Labute approximate surface area is 163 Å². The molecule has 0 bridgehead atoms. The fourth-order valence-corrected chi connectivity index (χ4v) is 3.52. The van der Waals surface area contributed by atoms with Gasteiger partial charge >= 0.3 is 0 Å². The van der Waals surface area contributed by atoms with E-state index in [1.165, 1.54) is 40.3 Å². The number of fused-ring (bicyclic) bond motifs is 1. The van der Waals surface area contributed by atoms with E-state index >= 15 is 0 Å². The van der Waals surface area contributed by atoms with Gasteiger partial charge in [-0.1, -0.05) is 41.6 Å². The van der Waals surface area contributed by atoms with Crippen molar-refractivity contribution in [1.29, 1.82) is 0 Å². The normalized spacial score (nSPS) is 11.0. The number of thioether (sulfide) groups is 1. The predicted molar refractivity (Wildman–Crippen MR) is 107 cm³/mol. The van der Waals surface area contributed by atoms with Gasteiger partial charge in [-0.3, -0.25) is 14.9 Å². The molecule has 0 atom stereocenters. The third-order valence-electron chi connectivity index (χ3n) is 4.22. The van der Waals surface area contributed by atoms with Gasteiger partial charge in [0.15, 0.2) is 10.8 Å². The molecule has 0 spiro atoms. The zero-order valence-corrected chi connectivity index (χ0v) is 15.6. The summed E-state index contributed by atoms with van der Waals surface area (Å²) in [6.45, 7) is 2.03. The van der Waals surface area contributed by atoms with Gasteiger partial charge < -0.3 is 4.98 Å². The number of aryl methyl sites for hydroxylation is 1. The van der Waals surface area contributed by atoms with Crippen molar-refractivity contribution in [2.45, 2.75) is 17.8 Å². The number of rotatable bonds is 5. The van der Waals surface area contributed by atoms with Gasteiger partial charge in [-0.2, -0.15) is 5.10 Å². The molecule has 0 amide bonds. The van der Waals surface area contributed by atoms with Crippen LogP contribution in [0.2, 0.25) is 0 Å². The molecule has 1 N–H and O–H groups in total. The average Bonchev–Trinajstić information content (AvgIpc) is 3.12. The van der Waals surface area contributed by atoms with Crippen molar-refractivity contribution in [2.24, 2.45) is 0 Å². The second-order valence-electron chi connectivity index (χ2n) is 6.21. The maximum absolute atomic E-state index is 12.4. The van der Waals surface area contributed by atoms with Gasteiger partial charge in [-0.25, -0.2) is 9.67 Å². The molecule has 0 aliphatic heterocycles. The van der Waals surface area contributed by atoms with Crippen LogP contribution in [0.15, 0.2) is 64.7 Å². The highest BCUT2D eigenvalue weighted by Gasteiger charge is 2.13. The van der Waals surface area contributed by atoms with E-state index in [1.807, 2.05) is 31.2 Å². The molecule has 0 fully saturated rings. The molecule has 2 aromatic heterocycles. The maximum Gasteiger partial charge on any atom is 0.269 e. The van der Waals surface area contributed by atoms with Crippen LogP contribution < -0.4 is 5.56 Å². The molecule has 2 aromatic carbocycles. The molecule has 0 saturated heterocycles. The van der Waals surface area contributed by atoms with Crippen LogP contribution in [0.5, 0.6) is 0 Å². The minimum Gasteiger partial charge on any atom is -0.301 e. The zero-order chi connectivity index (χ0) is 19.7. The molecule has 28 heavy (non-hydrogen) atoms. The lowest BCUT2D eigenvalue weighted by Gasteiger charge is -2.05. The minimum absolute atomic E-state index is 0.0136. The van der Waals surface area contributed by atoms with E-state index in [1.54, 1.807) is 12.1 Å². The van der Waals surface area contributed by atoms with Gasteiger partial charge in [-0.15, -0.1) is 0 Å². The molecule has 140 valence electrons. The van der Waals surface area contributed by atoms with E-state index < -0.39 is 4.92 Å². The molecule has 4 aromatic rings. The van der Waals surface area contributed by atoms with Crippen molar-refractivity contribution in [3.8, 4) is 5.69 Å². The van der Waals surface area contributed by atoms with Crippen LogP contribution in [0.4, 0.5) is 5.69 Å². The lowest BCUT2D eigenvalue weighted by atomic mass is 10.2. The van der Waals surface area contributed by atoms with Crippen LogP contribution in [-0.2, 0) is 5.75 Å². The van der Waals surface area contributed by atoms with E-state index in [0.717, 1.165) is 5.56 Å². The van der Waals surface area contributed by atoms with Gasteiger partial charge in [0.2, 0.25) is 0 Å². The molecule has 0 radical (unpaired) electrons. The van der Waals surface area contributed by atoms with Crippen LogP contribution in [0.25, 0.3) is 16.7 Å². The molecule has 0 saturated carbocycles. The number of aromatic nitrogens is 4. The number of nitro benzene ring substituents is 1. The Morgan fingerprint density at radius 3 is 2.54 bits per heavy atom. The van der Waals surface area contributed by atoms with E-state index in [4.69, 9.17) is 0 Å². The van der Waals surface area contributed by atoms with Crippen molar-refractivity contribution in [3.05, 3.63) is 86.3 Å². The van der Waals surface area contributed by atoms with Crippen molar-refractivity contribution in [1.82, 2.24) is 19.7 Å². The smallest absolute Gasteiger partial charge is 0.269 e. The van der Waals surface area contributed by atoms with Crippen molar-refractivity contribution in [3.63, 3.8) is 0 Å². The Balaban J connectivity index is 1.67. The second kappa shape index (κ2) is 7.28. The summed E-state index contributed by atoms with van der Waals surface area (Å²) >= 11 is 1.42. The Morgan fingerprint density at radius 2 is 1.86 bits per heavy atom. The number of aromatic amines is 1. The maximum atomic E-state index is 12.4. The summed E-state index contributed by atoms with van der Waals surface area (Å²) in [7, 11) is 0. The largest absolute Gasteiger partial charge is 0.301 e. The van der Waals surface area contributed by atoms with Crippen LogP contribution >= 0.6 is 11.8 Å². The molecular weight excluding hydrogens is 378 g/mol. The molecular formula is C19H15N5O3S. The highest BCUT2D eigenvalue weighted by Crippen LogP contribution is 2.22. The first kappa shape index (κ1) is 17.9. The monoisotopic (exact) mass is 393 g/mol.